The number of methoxy groups -OCH3 is 1. The van der Waals surface area contributed by atoms with E-state index in [1.807, 2.05) is 24.3 Å². The molecule has 1 saturated carbocycles. The third kappa shape index (κ3) is 5.61. The molecular weight excluding hydrogens is 404 g/mol. The van der Waals surface area contributed by atoms with Crippen molar-refractivity contribution in [3.63, 3.8) is 0 Å². The van der Waals surface area contributed by atoms with Gasteiger partial charge in [-0.25, -0.2) is 4.79 Å². The van der Waals surface area contributed by atoms with E-state index >= 15 is 0 Å². The van der Waals surface area contributed by atoms with Crippen LogP contribution < -0.4 is 10.1 Å². The van der Waals surface area contributed by atoms with E-state index in [4.69, 9.17) is 9.47 Å². The number of hydrogen-bond acceptors (Lipinski definition) is 4. The molecule has 0 bridgehead atoms. The molecule has 2 fully saturated rings. The van der Waals surface area contributed by atoms with Crippen molar-refractivity contribution in [2.75, 3.05) is 20.3 Å². The second kappa shape index (κ2) is 10.8. The quantitative estimate of drug-likeness (QED) is 0.628. The van der Waals surface area contributed by atoms with Crippen molar-refractivity contribution in [3.8, 4) is 5.75 Å². The number of carboxylic acid groups (broad SMARTS) is 1. The molecule has 0 radical (unpaired) electrons. The van der Waals surface area contributed by atoms with Crippen LogP contribution >= 0.6 is 0 Å². The van der Waals surface area contributed by atoms with Crippen LogP contribution in [0.4, 0.5) is 4.79 Å². The molecule has 1 aliphatic heterocycles. The van der Waals surface area contributed by atoms with Crippen LogP contribution in [0.15, 0.2) is 54.6 Å². The Kier molecular flexibility index (Phi) is 7.66. The highest BCUT2D eigenvalue weighted by atomic mass is 16.5. The van der Waals surface area contributed by atoms with Crippen molar-refractivity contribution in [3.05, 3.63) is 65.7 Å². The monoisotopic (exact) mass is 438 g/mol. The molecule has 2 unspecified atom stereocenters. The number of rotatable bonds is 8. The maximum absolute atomic E-state index is 11.8. The molecule has 0 spiro atoms. The van der Waals surface area contributed by atoms with E-state index < -0.39 is 6.09 Å². The summed E-state index contributed by atoms with van der Waals surface area (Å²) < 4.78 is 11.5. The number of amides is 1. The van der Waals surface area contributed by atoms with Gasteiger partial charge < -0.3 is 24.8 Å². The molecule has 6 nitrogen and oxygen atoms in total. The molecule has 1 amide bonds. The van der Waals surface area contributed by atoms with E-state index in [-0.39, 0.29) is 18.2 Å². The fraction of sp³-hybridized carbons (Fsp3) is 0.500. The summed E-state index contributed by atoms with van der Waals surface area (Å²) in [6.45, 7) is 1.69. The van der Waals surface area contributed by atoms with Crippen LogP contribution in [0.2, 0.25) is 0 Å². The summed E-state index contributed by atoms with van der Waals surface area (Å²) in [5, 5.41) is 13.2. The number of ether oxygens (including phenoxy) is 2. The molecule has 0 aromatic heterocycles. The first kappa shape index (κ1) is 22.6. The third-order valence-corrected chi connectivity index (χ3v) is 6.97. The summed E-state index contributed by atoms with van der Waals surface area (Å²) in [5.41, 5.74) is 2.57. The summed E-state index contributed by atoms with van der Waals surface area (Å²) in [7, 11) is 1.66. The lowest BCUT2D eigenvalue weighted by Crippen LogP contribution is -2.47. The Morgan fingerprint density at radius 3 is 2.41 bits per heavy atom. The molecule has 172 valence electrons. The van der Waals surface area contributed by atoms with Gasteiger partial charge in [0.05, 0.1) is 25.9 Å². The molecule has 6 heteroatoms. The van der Waals surface area contributed by atoms with Crippen molar-refractivity contribution in [1.82, 2.24) is 10.2 Å². The standard InChI is InChI=1S/C26H34N2O4/c1-31-22-11-7-19(8-12-22)17-27-24-15-16-28(26(29)30)25(24)18-32-23-13-9-21(10-14-23)20-5-3-2-4-6-20/h2-8,11-12,21,23-25,27H,9-10,13-18H2,1H3,(H,29,30). The van der Waals surface area contributed by atoms with E-state index in [9.17, 15) is 9.90 Å². The predicted octanol–water partition coefficient (Wildman–Crippen LogP) is 4.65. The van der Waals surface area contributed by atoms with Gasteiger partial charge in [0.25, 0.3) is 0 Å². The lowest BCUT2D eigenvalue weighted by molar-refractivity contribution is -0.00519. The average Bonchev–Trinajstić information content (AvgIpc) is 3.26. The molecule has 2 aliphatic rings. The summed E-state index contributed by atoms with van der Waals surface area (Å²) in [6.07, 6.45) is 4.47. The van der Waals surface area contributed by atoms with E-state index in [1.165, 1.54) is 5.56 Å². The van der Waals surface area contributed by atoms with Crippen LogP contribution in [0.1, 0.15) is 49.1 Å². The number of nitrogens with zero attached hydrogens (tertiary/aromatic N) is 1. The third-order valence-electron chi connectivity index (χ3n) is 6.97. The summed E-state index contributed by atoms with van der Waals surface area (Å²) in [4.78, 5) is 13.3. The van der Waals surface area contributed by atoms with Crippen LogP contribution in [0, 0.1) is 0 Å². The Labute approximate surface area is 190 Å². The maximum atomic E-state index is 11.8. The van der Waals surface area contributed by atoms with Gasteiger partial charge in [-0.2, -0.15) is 0 Å². The van der Waals surface area contributed by atoms with Crippen molar-refractivity contribution in [1.29, 1.82) is 0 Å². The molecule has 1 saturated heterocycles. The molecular formula is C26H34N2O4. The normalized spacial score (nSPS) is 25.6. The van der Waals surface area contributed by atoms with Gasteiger partial charge in [0.2, 0.25) is 0 Å². The van der Waals surface area contributed by atoms with E-state index in [0.29, 0.717) is 25.6 Å². The van der Waals surface area contributed by atoms with Crippen molar-refractivity contribution in [2.24, 2.45) is 0 Å². The SMILES string of the molecule is COc1ccc(CNC2CCN(C(=O)O)C2COC2CCC(c3ccccc3)CC2)cc1. The van der Waals surface area contributed by atoms with Crippen LogP contribution in [-0.2, 0) is 11.3 Å². The van der Waals surface area contributed by atoms with Gasteiger partial charge >= 0.3 is 6.09 Å². The fourth-order valence-electron chi connectivity index (χ4n) is 5.05. The number of carbonyl (C=O) groups is 1. The first-order valence-corrected chi connectivity index (χ1v) is 11.7. The van der Waals surface area contributed by atoms with Gasteiger partial charge in [0.15, 0.2) is 0 Å². The molecule has 2 aromatic carbocycles. The number of nitrogens with one attached hydrogen (secondary N) is 1. The highest BCUT2D eigenvalue weighted by Crippen LogP contribution is 2.34. The minimum absolute atomic E-state index is 0.0915. The van der Waals surface area contributed by atoms with Gasteiger partial charge in [0.1, 0.15) is 5.75 Å². The number of hydrogen-bond donors (Lipinski definition) is 2. The molecule has 1 aliphatic carbocycles. The number of likely N-dealkylation sites (tertiary alicyclic amines) is 1. The Hall–Kier alpha value is -2.57. The molecule has 4 rings (SSSR count). The van der Waals surface area contributed by atoms with Crippen molar-refractivity contribution >= 4 is 6.09 Å². The van der Waals surface area contributed by atoms with Gasteiger partial charge in [-0.3, -0.25) is 0 Å². The Morgan fingerprint density at radius 1 is 1.03 bits per heavy atom. The van der Waals surface area contributed by atoms with Crippen LogP contribution in [0.5, 0.6) is 5.75 Å². The summed E-state index contributed by atoms with van der Waals surface area (Å²) in [5.74, 6) is 1.44. The van der Waals surface area contributed by atoms with Crippen molar-refractivity contribution < 1.29 is 19.4 Å². The van der Waals surface area contributed by atoms with Gasteiger partial charge in [0, 0.05) is 19.1 Å². The largest absolute Gasteiger partial charge is 0.497 e. The topological polar surface area (TPSA) is 71.0 Å². The second-order valence-corrected chi connectivity index (χ2v) is 8.89. The lowest BCUT2D eigenvalue weighted by atomic mass is 9.83. The smallest absolute Gasteiger partial charge is 0.407 e. The van der Waals surface area contributed by atoms with Crippen LogP contribution in [0.3, 0.4) is 0 Å². The highest BCUT2D eigenvalue weighted by Gasteiger charge is 2.37. The fourth-order valence-corrected chi connectivity index (χ4v) is 5.05. The maximum Gasteiger partial charge on any atom is 0.407 e. The van der Waals surface area contributed by atoms with Crippen molar-refractivity contribution in [2.45, 2.75) is 62.8 Å². The predicted molar refractivity (Wildman–Crippen MR) is 124 cm³/mol. The Balaban J connectivity index is 1.28. The summed E-state index contributed by atoms with van der Waals surface area (Å²) in [6, 6.07) is 18.6. The zero-order valence-electron chi connectivity index (χ0n) is 18.8. The minimum Gasteiger partial charge on any atom is -0.497 e. The van der Waals surface area contributed by atoms with E-state index in [0.717, 1.165) is 43.4 Å². The lowest BCUT2D eigenvalue weighted by Gasteiger charge is -2.32. The second-order valence-electron chi connectivity index (χ2n) is 8.89. The van der Waals surface area contributed by atoms with E-state index in [2.05, 4.69) is 35.6 Å². The van der Waals surface area contributed by atoms with Gasteiger partial charge in [-0.1, -0.05) is 42.5 Å². The molecule has 1 heterocycles. The van der Waals surface area contributed by atoms with Crippen LogP contribution in [0.25, 0.3) is 0 Å². The Morgan fingerprint density at radius 2 is 1.75 bits per heavy atom. The molecule has 2 aromatic rings. The number of benzene rings is 2. The molecule has 2 atom stereocenters. The zero-order valence-corrected chi connectivity index (χ0v) is 18.8. The van der Waals surface area contributed by atoms with Crippen LogP contribution in [-0.4, -0.2) is 54.5 Å². The first-order chi connectivity index (χ1) is 15.6. The van der Waals surface area contributed by atoms with E-state index in [1.54, 1.807) is 12.0 Å². The first-order valence-electron chi connectivity index (χ1n) is 11.7. The van der Waals surface area contributed by atoms with Gasteiger partial charge in [-0.05, 0) is 61.3 Å². The summed E-state index contributed by atoms with van der Waals surface area (Å²) >= 11 is 0. The molecule has 2 N–H and O–H groups in total. The van der Waals surface area contributed by atoms with Gasteiger partial charge in [-0.15, -0.1) is 0 Å². The molecule has 32 heavy (non-hydrogen) atoms. The minimum atomic E-state index is -0.861. The highest BCUT2D eigenvalue weighted by molar-refractivity contribution is 5.66. The zero-order chi connectivity index (χ0) is 22.3. The Bertz CT molecular complexity index is 850. The average molecular weight is 439 g/mol.